The summed E-state index contributed by atoms with van der Waals surface area (Å²) < 4.78 is 9.76. The van der Waals surface area contributed by atoms with E-state index in [1.165, 1.54) is 7.11 Å². The summed E-state index contributed by atoms with van der Waals surface area (Å²) in [5.74, 6) is 0.427. The average molecular weight is 231 g/mol. The highest BCUT2D eigenvalue weighted by Crippen LogP contribution is 2.08. The van der Waals surface area contributed by atoms with E-state index >= 15 is 0 Å². The molecule has 0 aliphatic rings. The lowest BCUT2D eigenvalue weighted by molar-refractivity contribution is -0.142. The Kier molecular flexibility index (Phi) is 8.21. The molecule has 1 atom stereocenters. The van der Waals surface area contributed by atoms with Gasteiger partial charge in [0, 0.05) is 26.2 Å². The molecule has 4 nitrogen and oxygen atoms in total. The van der Waals surface area contributed by atoms with E-state index in [0.717, 1.165) is 13.1 Å². The Hall–Kier alpha value is -0.610. The van der Waals surface area contributed by atoms with E-state index in [0.29, 0.717) is 18.9 Å². The number of methoxy groups -OCH3 is 2. The second-order valence-corrected chi connectivity index (χ2v) is 4.51. The topological polar surface area (TPSA) is 38.8 Å². The molecule has 0 fully saturated rings. The number of carbonyl (C=O) groups is 1. The van der Waals surface area contributed by atoms with Crippen LogP contribution in [0.15, 0.2) is 0 Å². The maximum absolute atomic E-state index is 11.2. The molecule has 0 aliphatic heterocycles. The number of ether oxygens (including phenoxy) is 2. The fraction of sp³-hybridized carbons (Fsp3) is 0.917. The molecule has 0 aliphatic carbocycles. The van der Waals surface area contributed by atoms with Crippen LogP contribution in [0.1, 0.15) is 27.2 Å². The Labute approximate surface area is 98.9 Å². The van der Waals surface area contributed by atoms with E-state index in [1.54, 1.807) is 7.11 Å². The standard InChI is InChI=1S/C12H25NO3/c1-10(2)9-13(6-7-15-4)11(3)8-12(14)16-5/h10-11H,6-9H2,1-5H3. The molecule has 16 heavy (non-hydrogen) atoms. The van der Waals surface area contributed by atoms with Crippen molar-refractivity contribution >= 4 is 5.97 Å². The quantitative estimate of drug-likeness (QED) is 0.594. The van der Waals surface area contributed by atoms with Gasteiger partial charge in [0.1, 0.15) is 0 Å². The minimum atomic E-state index is -0.154. The zero-order valence-electron chi connectivity index (χ0n) is 11.2. The largest absolute Gasteiger partial charge is 0.469 e. The van der Waals surface area contributed by atoms with Crippen LogP contribution in [0, 0.1) is 5.92 Å². The average Bonchev–Trinajstić information content (AvgIpc) is 2.23. The van der Waals surface area contributed by atoms with E-state index in [1.807, 2.05) is 0 Å². The maximum Gasteiger partial charge on any atom is 0.307 e. The number of nitrogens with zero attached hydrogens (tertiary/aromatic N) is 1. The molecular weight excluding hydrogens is 206 g/mol. The van der Waals surface area contributed by atoms with Gasteiger partial charge in [-0.3, -0.25) is 9.69 Å². The number of hydrogen-bond acceptors (Lipinski definition) is 4. The van der Waals surface area contributed by atoms with Gasteiger partial charge in [0.05, 0.1) is 20.1 Å². The van der Waals surface area contributed by atoms with E-state index in [2.05, 4.69) is 30.4 Å². The van der Waals surface area contributed by atoms with E-state index in [4.69, 9.17) is 4.74 Å². The predicted molar refractivity (Wildman–Crippen MR) is 64.4 cm³/mol. The molecule has 0 heterocycles. The van der Waals surface area contributed by atoms with Crippen LogP contribution in [0.25, 0.3) is 0 Å². The molecule has 0 aromatic heterocycles. The molecule has 0 aromatic carbocycles. The minimum Gasteiger partial charge on any atom is -0.469 e. The lowest BCUT2D eigenvalue weighted by atomic mass is 10.1. The zero-order chi connectivity index (χ0) is 12.6. The molecule has 0 N–H and O–H groups in total. The molecule has 0 saturated carbocycles. The highest BCUT2D eigenvalue weighted by Gasteiger charge is 2.18. The Bertz CT molecular complexity index is 195. The molecule has 0 saturated heterocycles. The first kappa shape index (κ1) is 15.4. The third kappa shape index (κ3) is 6.80. The number of hydrogen-bond donors (Lipinski definition) is 0. The molecule has 0 spiro atoms. The Balaban J connectivity index is 4.18. The molecule has 0 amide bonds. The Morgan fingerprint density at radius 1 is 1.25 bits per heavy atom. The molecule has 0 bridgehead atoms. The second kappa shape index (κ2) is 8.53. The fourth-order valence-corrected chi connectivity index (χ4v) is 1.62. The molecule has 96 valence electrons. The van der Waals surface area contributed by atoms with Crippen molar-refractivity contribution in [3.8, 4) is 0 Å². The van der Waals surface area contributed by atoms with Crippen molar-refractivity contribution in [1.82, 2.24) is 4.90 Å². The van der Waals surface area contributed by atoms with Crippen molar-refractivity contribution in [2.24, 2.45) is 5.92 Å². The smallest absolute Gasteiger partial charge is 0.307 e. The van der Waals surface area contributed by atoms with E-state index in [-0.39, 0.29) is 12.0 Å². The first-order valence-electron chi connectivity index (χ1n) is 5.81. The van der Waals surface area contributed by atoms with Crippen LogP contribution in [-0.4, -0.2) is 50.8 Å². The van der Waals surface area contributed by atoms with Gasteiger partial charge >= 0.3 is 5.97 Å². The van der Waals surface area contributed by atoms with Crippen molar-refractivity contribution in [3.63, 3.8) is 0 Å². The van der Waals surface area contributed by atoms with Crippen molar-refractivity contribution in [1.29, 1.82) is 0 Å². The Morgan fingerprint density at radius 3 is 2.31 bits per heavy atom. The summed E-state index contributed by atoms with van der Waals surface area (Å²) in [4.78, 5) is 13.5. The SMILES string of the molecule is COCCN(CC(C)C)C(C)CC(=O)OC. The predicted octanol–water partition coefficient (Wildman–Crippen LogP) is 1.54. The Morgan fingerprint density at radius 2 is 1.88 bits per heavy atom. The summed E-state index contributed by atoms with van der Waals surface area (Å²) in [7, 11) is 3.12. The lowest BCUT2D eigenvalue weighted by Gasteiger charge is -2.29. The van der Waals surface area contributed by atoms with Gasteiger partial charge in [0.15, 0.2) is 0 Å². The molecule has 4 heteroatoms. The van der Waals surface area contributed by atoms with Crippen LogP contribution in [0.2, 0.25) is 0 Å². The van der Waals surface area contributed by atoms with Gasteiger partial charge in [-0.2, -0.15) is 0 Å². The van der Waals surface area contributed by atoms with Crippen molar-refractivity contribution < 1.29 is 14.3 Å². The molecule has 0 radical (unpaired) electrons. The maximum atomic E-state index is 11.2. The van der Waals surface area contributed by atoms with Gasteiger partial charge in [-0.05, 0) is 12.8 Å². The van der Waals surface area contributed by atoms with Crippen LogP contribution in [0.5, 0.6) is 0 Å². The summed E-state index contributed by atoms with van der Waals surface area (Å²) in [5, 5.41) is 0. The van der Waals surface area contributed by atoms with Crippen molar-refractivity contribution in [2.45, 2.75) is 33.2 Å². The van der Waals surface area contributed by atoms with Gasteiger partial charge in [-0.25, -0.2) is 0 Å². The van der Waals surface area contributed by atoms with Crippen LogP contribution >= 0.6 is 0 Å². The van der Waals surface area contributed by atoms with Crippen molar-refractivity contribution in [2.75, 3.05) is 33.9 Å². The monoisotopic (exact) mass is 231 g/mol. The summed E-state index contributed by atoms with van der Waals surface area (Å²) in [6.45, 7) is 8.91. The number of rotatable bonds is 8. The number of carbonyl (C=O) groups excluding carboxylic acids is 1. The van der Waals surface area contributed by atoms with Gasteiger partial charge in [0.2, 0.25) is 0 Å². The fourth-order valence-electron chi connectivity index (χ4n) is 1.62. The summed E-state index contributed by atoms with van der Waals surface area (Å²) in [6, 6.07) is 0.199. The first-order valence-corrected chi connectivity index (χ1v) is 5.81. The molecule has 0 aromatic rings. The van der Waals surface area contributed by atoms with E-state index in [9.17, 15) is 4.79 Å². The number of esters is 1. The second-order valence-electron chi connectivity index (χ2n) is 4.51. The first-order chi connectivity index (χ1) is 7.51. The van der Waals surface area contributed by atoms with Crippen LogP contribution in [0.4, 0.5) is 0 Å². The van der Waals surface area contributed by atoms with Gasteiger partial charge in [-0.15, -0.1) is 0 Å². The summed E-state index contributed by atoms with van der Waals surface area (Å²) in [6.07, 6.45) is 0.437. The zero-order valence-corrected chi connectivity index (χ0v) is 11.2. The summed E-state index contributed by atoms with van der Waals surface area (Å²) in [5.41, 5.74) is 0. The lowest BCUT2D eigenvalue weighted by Crippen LogP contribution is -2.39. The highest BCUT2D eigenvalue weighted by molar-refractivity contribution is 5.69. The molecular formula is C12H25NO3. The molecule has 1 unspecified atom stereocenters. The molecule has 0 rings (SSSR count). The van der Waals surface area contributed by atoms with Gasteiger partial charge in [0.25, 0.3) is 0 Å². The van der Waals surface area contributed by atoms with Crippen LogP contribution in [0.3, 0.4) is 0 Å². The van der Waals surface area contributed by atoms with Gasteiger partial charge in [-0.1, -0.05) is 13.8 Å². The minimum absolute atomic E-state index is 0.154. The van der Waals surface area contributed by atoms with Crippen LogP contribution < -0.4 is 0 Å². The van der Waals surface area contributed by atoms with Crippen molar-refractivity contribution in [3.05, 3.63) is 0 Å². The van der Waals surface area contributed by atoms with Crippen LogP contribution in [-0.2, 0) is 14.3 Å². The summed E-state index contributed by atoms with van der Waals surface area (Å²) >= 11 is 0. The highest BCUT2D eigenvalue weighted by atomic mass is 16.5. The third-order valence-electron chi connectivity index (χ3n) is 2.50. The third-order valence-corrected chi connectivity index (χ3v) is 2.50. The normalized spacial score (nSPS) is 13.2. The van der Waals surface area contributed by atoms with E-state index < -0.39 is 0 Å². The van der Waals surface area contributed by atoms with Gasteiger partial charge < -0.3 is 9.47 Å².